The van der Waals surface area contributed by atoms with Gasteiger partial charge in [-0.2, -0.15) is 4.80 Å². The van der Waals surface area contributed by atoms with Crippen molar-refractivity contribution < 1.29 is 14.3 Å². The lowest BCUT2D eigenvalue weighted by Crippen LogP contribution is -2.30. The first-order chi connectivity index (χ1) is 13.5. The van der Waals surface area contributed by atoms with Gasteiger partial charge in [-0.3, -0.25) is 4.79 Å². The van der Waals surface area contributed by atoms with E-state index in [0.29, 0.717) is 23.9 Å². The number of hydrogen-bond acceptors (Lipinski definition) is 6. The van der Waals surface area contributed by atoms with Crippen molar-refractivity contribution in [2.24, 2.45) is 0 Å². The predicted octanol–water partition coefficient (Wildman–Crippen LogP) is 2.32. The Morgan fingerprint density at radius 2 is 1.86 bits per heavy atom. The maximum atomic E-state index is 12.5. The maximum Gasteiger partial charge on any atom is 0.246 e. The van der Waals surface area contributed by atoms with Gasteiger partial charge in [0.05, 0.1) is 14.2 Å². The van der Waals surface area contributed by atoms with Crippen LogP contribution in [-0.2, 0) is 17.9 Å². The first-order valence-electron chi connectivity index (χ1n) is 8.80. The number of benzene rings is 2. The number of tetrazole rings is 1. The van der Waals surface area contributed by atoms with E-state index in [1.807, 2.05) is 37.3 Å². The Kier molecular flexibility index (Phi) is 5.88. The molecule has 8 nitrogen and oxygen atoms in total. The third kappa shape index (κ3) is 4.28. The largest absolute Gasteiger partial charge is 0.493 e. The van der Waals surface area contributed by atoms with Gasteiger partial charge in [0, 0.05) is 19.2 Å². The fourth-order valence-electron chi connectivity index (χ4n) is 2.77. The molecular weight excluding hydrogens is 358 g/mol. The number of ether oxygens (including phenoxy) is 2. The molecule has 8 heteroatoms. The Balaban J connectivity index is 1.69. The SMILES string of the molecule is COc1ccc(-c2nnn(CC(=O)N(C)Cc3ccccc3C)n2)cc1OC. The molecule has 1 amide bonds. The van der Waals surface area contributed by atoms with Crippen LogP contribution in [0.3, 0.4) is 0 Å². The molecule has 0 spiro atoms. The van der Waals surface area contributed by atoms with Gasteiger partial charge >= 0.3 is 0 Å². The fourth-order valence-corrected chi connectivity index (χ4v) is 2.77. The van der Waals surface area contributed by atoms with E-state index in [9.17, 15) is 4.79 Å². The standard InChI is InChI=1S/C20H23N5O3/c1-14-7-5-6-8-16(14)12-24(2)19(26)13-25-22-20(21-23-25)15-9-10-17(27-3)18(11-15)28-4/h5-11H,12-13H2,1-4H3. The van der Waals surface area contributed by atoms with Crippen molar-refractivity contribution in [2.75, 3.05) is 21.3 Å². The zero-order valence-electron chi connectivity index (χ0n) is 16.4. The molecule has 3 rings (SSSR count). The molecule has 3 aromatic rings. The van der Waals surface area contributed by atoms with Crippen LogP contribution >= 0.6 is 0 Å². The Labute approximate surface area is 163 Å². The number of aryl methyl sites for hydroxylation is 1. The van der Waals surface area contributed by atoms with Gasteiger partial charge in [-0.05, 0) is 41.5 Å². The van der Waals surface area contributed by atoms with E-state index in [4.69, 9.17) is 9.47 Å². The quantitative estimate of drug-likeness (QED) is 0.625. The van der Waals surface area contributed by atoms with Crippen molar-refractivity contribution in [3.8, 4) is 22.9 Å². The average molecular weight is 381 g/mol. The normalized spacial score (nSPS) is 10.6. The van der Waals surface area contributed by atoms with Crippen molar-refractivity contribution in [2.45, 2.75) is 20.0 Å². The minimum absolute atomic E-state index is 0.0165. The highest BCUT2D eigenvalue weighted by atomic mass is 16.5. The monoisotopic (exact) mass is 381 g/mol. The van der Waals surface area contributed by atoms with Crippen LogP contribution in [0.15, 0.2) is 42.5 Å². The van der Waals surface area contributed by atoms with Gasteiger partial charge in [0.15, 0.2) is 11.5 Å². The van der Waals surface area contributed by atoms with Crippen LogP contribution < -0.4 is 9.47 Å². The second-order valence-electron chi connectivity index (χ2n) is 6.39. The lowest BCUT2D eigenvalue weighted by atomic mass is 10.1. The summed E-state index contributed by atoms with van der Waals surface area (Å²) in [6.45, 7) is 2.58. The summed E-state index contributed by atoms with van der Waals surface area (Å²) in [4.78, 5) is 15.5. The summed E-state index contributed by atoms with van der Waals surface area (Å²) in [5.74, 6) is 1.51. The lowest BCUT2D eigenvalue weighted by molar-refractivity contribution is -0.131. The molecule has 0 radical (unpaired) electrons. The van der Waals surface area contributed by atoms with Crippen LogP contribution in [-0.4, -0.2) is 52.3 Å². The van der Waals surface area contributed by atoms with E-state index in [-0.39, 0.29) is 12.5 Å². The Bertz CT molecular complexity index is 970. The molecule has 0 bridgehead atoms. The minimum Gasteiger partial charge on any atom is -0.493 e. The van der Waals surface area contributed by atoms with Gasteiger partial charge in [-0.25, -0.2) is 0 Å². The summed E-state index contributed by atoms with van der Waals surface area (Å²) in [6.07, 6.45) is 0. The Morgan fingerprint density at radius 3 is 2.57 bits per heavy atom. The molecule has 0 aliphatic carbocycles. The van der Waals surface area contributed by atoms with E-state index >= 15 is 0 Å². The van der Waals surface area contributed by atoms with Crippen LogP contribution in [0.25, 0.3) is 11.4 Å². The first-order valence-corrected chi connectivity index (χ1v) is 8.80. The van der Waals surface area contributed by atoms with Crippen LogP contribution in [0.2, 0.25) is 0 Å². The smallest absolute Gasteiger partial charge is 0.246 e. The molecule has 146 valence electrons. The van der Waals surface area contributed by atoms with E-state index in [1.54, 1.807) is 38.3 Å². The number of nitrogens with zero attached hydrogens (tertiary/aromatic N) is 5. The molecule has 2 aromatic carbocycles. The highest BCUT2D eigenvalue weighted by Gasteiger charge is 2.15. The topological polar surface area (TPSA) is 82.4 Å². The highest BCUT2D eigenvalue weighted by molar-refractivity contribution is 5.75. The Morgan fingerprint density at radius 1 is 1.11 bits per heavy atom. The van der Waals surface area contributed by atoms with Crippen molar-refractivity contribution in [1.29, 1.82) is 0 Å². The lowest BCUT2D eigenvalue weighted by Gasteiger charge is -2.18. The zero-order valence-corrected chi connectivity index (χ0v) is 16.4. The summed E-state index contributed by atoms with van der Waals surface area (Å²) in [7, 11) is 4.90. The summed E-state index contributed by atoms with van der Waals surface area (Å²) in [6, 6.07) is 13.4. The molecule has 0 N–H and O–H groups in total. The van der Waals surface area contributed by atoms with Crippen molar-refractivity contribution >= 4 is 5.91 Å². The minimum atomic E-state index is -0.0977. The number of amides is 1. The summed E-state index contributed by atoms with van der Waals surface area (Å²) >= 11 is 0. The molecule has 0 saturated carbocycles. The number of carbonyl (C=O) groups is 1. The summed E-state index contributed by atoms with van der Waals surface area (Å²) < 4.78 is 10.5. The van der Waals surface area contributed by atoms with Crippen molar-refractivity contribution in [3.63, 3.8) is 0 Å². The number of carbonyl (C=O) groups excluding carboxylic acids is 1. The zero-order chi connectivity index (χ0) is 20.1. The molecular formula is C20H23N5O3. The molecule has 0 aliphatic rings. The van der Waals surface area contributed by atoms with Gasteiger partial charge in [0.1, 0.15) is 6.54 Å². The first kappa shape index (κ1) is 19.3. The van der Waals surface area contributed by atoms with Crippen LogP contribution in [0.5, 0.6) is 11.5 Å². The van der Waals surface area contributed by atoms with Crippen molar-refractivity contribution in [3.05, 3.63) is 53.6 Å². The van der Waals surface area contributed by atoms with Gasteiger partial charge in [-0.15, -0.1) is 10.2 Å². The Hall–Kier alpha value is -3.42. The predicted molar refractivity (Wildman–Crippen MR) is 104 cm³/mol. The molecule has 0 atom stereocenters. The van der Waals surface area contributed by atoms with Gasteiger partial charge < -0.3 is 14.4 Å². The van der Waals surface area contributed by atoms with Gasteiger partial charge in [0.25, 0.3) is 0 Å². The highest BCUT2D eigenvalue weighted by Crippen LogP contribution is 2.30. The number of likely N-dealkylation sites (N-methyl/N-ethyl adjacent to an activating group) is 1. The fraction of sp³-hybridized carbons (Fsp3) is 0.300. The molecule has 0 aliphatic heterocycles. The van der Waals surface area contributed by atoms with Crippen LogP contribution in [0, 0.1) is 6.92 Å². The number of methoxy groups -OCH3 is 2. The molecule has 0 saturated heterocycles. The second-order valence-corrected chi connectivity index (χ2v) is 6.39. The average Bonchev–Trinajstić information content (AvgIpc) is 3.17. The molecule has 0 fully saturated rings. The van der Waals surface area contributed by atoms with E-state index in [0.717, 1.165) is 16.7 Å². The van der Waals surface area contributed by atoms with Crippen LogP contribution in [0.4, 0.5) is 0 Å². The third-order valence-electron chi connectivity index (χ3n) is 4.47. The molecule has 1 heterocycles. The summed E-state index contributed by atoms with van der Waals surface area (Å²) in [5.41, 5.74) is 2.98. The number of aromatic nitrogens is 4. The molecule has 28 heavy (non-hydrogen) atoms. The van der Waals surface area contributed by atoms with Gasteiger partial charge in [-0.1, -0.05) is 24.3 Å². The summed E-state index contributed by atoms with van der Waals surface area (Å²) in [5, 5.41) is 12.3. The van der Waals surface area contributed by atoms with Crippen molar-refractivity contribution in [1.82, 2.24) is 25.1 Å². The maximum absolute atomic E-state index is 12.5. The third-order valence-corrected chi connectivity index (χ3v) is 4.47. The second kappa shape index (κ2) is 8.51. The van der Waals surface area contributed by atoms with E-state index in [2.05, 4.69) is 15.4 Å². The number of rotatable bonds is 7. The van der Waals surface area contributed by atoms with Crippen LogP contribution in [0.1, 0.15) is 11.1 Å². The van der Waals surface area contributed by atoms with Gasteiger partial charge in [0.2, 0.25) is 11.7 Å². The molecule has 1 aromatic heterocycles. The number of hydrogen-bond donors (Lipinski definition) is 0. The van der Waals surface area contributed by atoms with E-state index in [1.165, 1.54) is 4.80 Å². The molecule has 0 unspecified atom stereocenters. The van der Waals surface area contributed by atoms with E-state index < -0.39 is 0 Å².